The van der Waals surface area contributed by atoms with Crippen LogP contribution in [0.3, 0.4) is 0 Å². The highest BCUT2D eigenvalue weighted by molar-refractivity contribution is 5.93. The third kappa shape index (κ3) is 4.66. The average molecular weight is 357 g/mol. The maximum Gasteiger partial charge on any atom is 0.254 e. The van der Waals surface area contributed by atoms with Crippen LogP contribution >= 0.6 is 0 Å². The lowest BCUT2D eigenvalue weighted by Crippen LogP contribution is -2.51. The van der Waals surface area contributed by atoms with Crippen molar-refractivity contribution in [3.8, 4) is 5.75 Å². The molecule has 0 aromatic carbocycles. The van der Waals surface area contributed by atoms with Gasteiger partial charge in [-0.3, -0.25) is 9.78 Å². The van der Waals surface area contributed by atoms with Gasteiger partial charge < -0.3 is 20.1 Å². The van der Waals surface area contributed by atoms with E-state index in [2.05, 4.69) is 25.6 Å². The van der Waals surface area contributed by atoms with Crippen molar-refractivity contribution in [3.05, 3.63) is 42.0 Å². The van der Waals surface area contributed by atoms with Gasteiger partial charge in [-0.2, -0.15) is 0 Å². The van der Waals surface area contributed by atoms with Gasteiger partial charge >= 0.3 is 0 Å². The Hall–Kier alpha value is -2.74. The number of nitrogens with one attached hydrogen (secondary N) is 2. The Morgan fingerprint density at radius 2 is 2.08 bits per heavy atom. The standard InChI is InChI=1S/C18H23N5O3/c1-3-19-18-21-8-13(9-22-18)17(24)23-15-6-7-25-11-16(15)26-14-5-4-12(2)20-10-14/h4-5,8-10,15-16H,3,6-7,11H2,1-2H3,(H,23,24)(H,19,21,22)/t15-,16+/m1/s1. The summed E-state index contributed by atoms with van der Waals surface area (Å²) < 4.78 is 11.5. The van der Waals surface area contributed by atoms with Gasteiger partial charge in [0.2, 0.25) is 5.95 Å². The zero-order valence-corrected chi connectivity index (χ0v) is 14.9. The molecule has 1 aliphatic heterocycles. The summed E-state index contributed by atoms with van der Waals surface area (Å²) in [6.07, 6.45) is 5.10. The second-order valence-electron chi connectivity index (χ2n) is 6.06. The lowest BCUT2D eigenvalue weighted by atomic mass is 10.1. The minimum atomic E-state index is -0.279. The molecule has 3 heterocycles. The van der Waals surface area contributed by atoms with Crippen LogP contribution in [0.1, 0.15) is 29.4 Å². The Kier molecular flexibility index (Phi) is 5.96. The van der Waals surface area contributed by atoms with Crippen molar-refractivity contribution in [2.45, 2.75) is 32.4 Å². The molecule has 1 fully saturated rings. The van der Waals surface area contributed by atoms with Gasteiger partial charge in [-0.15, -0.1) is 0 Å². The molecule has 2 aromatic rings. The molecular formula is C18H23N5O3. The molecule has 8 heteroatoms. The van der Waals surface area contributed by atoms with Crippen molar-refractivity contribution >= 4 is 11.9 Å². The Balaban J connectivity index is 1.63. The fourth-order valence-corrected chi connectivity index (χ4v) is 2.64. The van der Waals surface area contributed by atoms with E-state index in [1.165, 1.54) is 12.4 Å². The number of carbonyl (C=O) groups is 1. The van der Waals surface area contributed by atoms with Crippen LogP contribution in [0.4, 0.5) is 5.95 Å². The first-order valence-electron chi connectivity index (χ1n) is 8.69. The first-order valence-corrected chi connectivity index (χ1v) is 8.69. The van der Waals surface area contributed by atoms with E-state index in [9.17, 15) is 4.79 Å². The topological polar surface area (TPSA) is 98.3 Å². The molecule has 0 spiro atoms. The zero-order chi connectivity index (χ0) is 18.4. The SMILES string of the molecule is CCNc1ncc(C(=O)N[C@@H]2CCOC[C@@H]2Oc2ccc(C)nc2)cn1. The molecule has 0 bridgehead atoms. The van der Waals surface area contributed by atoms with Gasteiger partial charge in [-0.25, -0.2) is 9.97 Å². The quantitative estimate of drug-likeness (QED) is 0.810. The minimum absolute atomic E-state index is 0.161. The van der Waals surface area contributed by atoms with Crippen LogP contribution in [-0.4, -0.2) is 52.8 Å². The fourth-order valence-electron chi connectivity index (χ4n) is 2.64. The molecule has 8 nitrogen and oxygen atoms in total. The van der Waals surface area contributed by atoms with Crippen molar-refractivity contribution in [1.82, 2.24) is 20.3 Å². The second-order valence-corrected chi connectivity index (χ2v) is 6.06. The maximum atomic E-state index is 12.5. The Labute approximate surface area is 152 Å². The molecule has 2 atom stereocenters. The number of pyridine rings is 1. The lowest BCUT2D eigenvalue weighted by molar-refractivity contribution is -0.0136. The van der Waals surface area contributed by atoms with Crippen LogP contribution in [-0.2, 0) is 4.74 Å². The second kappa shape index (κ2) is 8.57. The normalized spacial score (nSPS) is 19.6. The summed E-state index contributed by atoms with van der Waals surface area (Å²) in [6.45, 7) is 5.58. The fraction of sp³-hybridized carbons (Fsp3) is 0.444. The monoisotopic (exact) mass is 357 g/mol. The third-order valence-electron chi connectivity index (χ3n) is 4.04. The van der Waals surface area contributed by atoms with Crippen LogP contribution in [0.15, 0.2) is 30.7 Å². The summed E-state index contributed by atoms with van der Waals surface area (Å²) in [7, 11) is 0. The number of hydrogen-bond donors (Lipinski definition) is 2. The summed E-state index contributed by atoms with van der Waals surface area (Å²) in [6, 6.07) is 3.59. The van der Waals surface area contributed by atoms with Crippen LogP contribution in [0, 0.1) is 6.92 Å². The van der Waals surface area contributed by atoms with Crippen molar-refractivity contribution < 1.29 is 14.3 Å². The molecule has 2 N–H and O–H groups in total. The zero-order valence-electron chi connectivity index (χ0n) is 14.9. The first kappa shape index (κ1) is 18.1. The summed E-state index contributed by atoms with van der Waals surface area (Å²) in [5, 5.41) is 6.00. The molecular weight excluding hydrogens is 334 g/mol. The first-order chi connectivity index (χ1) is 12.7. The molecule has 0 unspecified atom stereocenters. The molecule has 0 aliphatic carbocycles. The van der Waals surface area contributed by atoms with E-state index in [-0.39, 0.29) is 18.1 Å². The Bertz CT molecular complexity index is 721. The molecule has 26 heavy (non-hydrogen) atoms. The summed E-state index contributed by atoms with van der Waals surface area (Å²) >= 11 is 0. The number of anilines is 1. The van der Waals surface area contributed by atoms with Crippen molar-refractivity contribution in [1.29, 1.82) is 0 Å². The Morgan fingerprint density at radius 3 is 2.77 bits per heavy atom. The van der Waals surface area contributed by atoms with Crippen LogP contribution in [0.5, 0.6) is 5.75 Å². The van der Waals surface area contributed by atoms with Gasteiger partial charge in [0.1, 0.15) is 11.9 Å². The average Bonchev–Trinajstić information content (AvgIpc) is 2.66. The molecule has 1 saturated heterocycles. The predicted octanol–water partition coefficient (Wildman–Crippen LogP) is 1.58. The van der Waals surface area contributed by atoms with Gasteiger partial charge in [0.15, 0.2) is 0 Å². The molecule has 3 rings (SSSR count). The van der Waals surface area contributed by atoms with Crippen molar-refractivity contribution in [2.24, 2.45) is 0 Å². The van der Waals surface area contributed by atoms with Crippen LogP contribution in [0.2, 0.25) is 0 Å². The van der Waals surface area contributed by atoms with Gasteiger partial charge in [0.25, 0.3) is 5.91 Å². The number of aromatic nitrogens is 3. The molecule has 138 valence electrons. The van der Waals surface area contributed by atoms with Crippen molar-refractivity contribution in [2.75, 3.05) is 25.1 Å². The minimum Gasteiger partial charge on any atom is -0.484 e. The van der Waals surface area contributed by atoms with E-state index < -0.39 is 0 Å². The number of ether oxygens (including phenoxy) is 2. The number of carbonyl (C=O) groups excluding carboxylic acids is 1. The third-order valence-corrected chi connectivity index (χ3v) is 4.04. The molecule has 0 radical (unpaired) electrons. The summed E-state index contributed by atoms with van der Waals surface area (Å²) in [5.41, 5.74) is 1.33. The van der Waals surface area contributed by atoms with Crippen molar-refractivity contribution in [3.63, 3.8) is 0 Å². The smallest absolute Gasteiger partial charge is 0.254 e. The van der Waals surface area contributed by atoms with E-state index in [4.69, 9.17) is 9.47 Å². The van der Waals surface area contributed by atoms with Gasteiger partial charge in [-0.05, 0) is 32.4 Å². The predicted molar refractivity (Wildman–Crippen MR) is 96.3 cm³/mol. The summed E-state index contributed by atoms with van der Waals surface area (Å²) in [5.74, 6) is 0.933. The van der Waals surface area contributed by atoms with Gasteiger partial charge in [0, 0.05) is 31.2 Å². The van der Waals surface area contributed by atoms with E-state index in [1.807, 2.05) is 26.0 Å². The highest BCUT2D eigenvalue weighted by Gasteiger charge is 2.29. The number of aryl methyl sites for hydroxylation is 1. The Morgan fingerprint density at radius 1 is 1.27 bits per heavy atom. The number of nitrogens with zero attached hydrogens (tertiary/aromatic N) is 3. The van der Waals surface area contributed by atoms with E-state index in [0.29, 0.717) is 36.9 Å². The number of hydrogen-bond acceptors (Lipinski definition) is 7. The van der Waals surface area contributed by atoms with Crippen LogP contribution < -0.4 is 15.4 Å². The lowest BCUT2D eigenvalue weighted by Gasteiger charge is -2.32. The molecule has 1 aliphatic rings. The van der Waals surface area contributed by atoms with Gasteiger partial charge in [0.05, 0.1) is 24.4 Å². The van der Waals surface area contributed by atoms with Gasteiger partial charge in [-0.1, -0.05) is 0 Å². The van der Waals surface area contributed by atoms with E-state index in [1.54, 1.807) is 6.20 Å². The molecule has 0 saturated carbocycles. The maximum absolute atomic E-state index is 12.5. The van der Waals surface area contributed by atoms with E-state index >= 15 is 0 Å². The highest BCUT2D eigenvalue weighted by Crippen LogP contribution is 2.17. The molecule has 2 aromatic heterocycles. The molecule has 1 amide bonds. The number of rotatable bonds is 6. The summed E-state index contributed by atoms with van der Waals surface area (Å²) in [4.78, 5) is 25.0. The van der Waals surface area contributed by atoms with Crippen LogP contribution in [0.25, 0.3) is 0 Å². The largest absolute Gasteiger partial charge is 0.484 e. The van der Waals surface area contributed by atoms with E-state index in [0.717, 1.165) is 12.2 Å². The number of amides is 1. The highest BCUT2D eigenvalue weighted by atomic mass is 16.5.